The molecule has 0 saturated carbocycles. The molecule has 1 N–H and O–H groups in total. The van der Waals surface area contributed by atoms with Crippen molar-refractivity contribution in [1.82, 2.24) is 9.21 Å². The Morgan fingerprint density at radius 1 is 0.769 bits per heavy atom. The van der Waals surface area contributed by atoms with Gasteiger partial charge < -0.3 is 5.11 Å². The van der Waals surface area contributed by atoms with Crippen LogP contribution in [0.25, 0.3) is 11.1 Å². The van der Waals surface area contributed by atoms with Crippen LogP contribution < -0.4 is 0 Å². The van der Waals surface area contributed by atoms with Crippen molar-refractivity contribution in [1.29, 1.82) is 0 Å². The zero-order valence-electron chi connectivity index (χ0n) is 20.2. The molecule has 0 unspecified atom stereocenters. The first kappa shape index (κ1) is 28.9. The van der Waals surface area contributed by atoms with Crippen molar-refractivity contribution in [3.05, 3.63) is 94.0 Å². The Kier molecular flexibility index (Phi) is 8.26. The van der Waals surface area contributed by atoms with E-state index in [1.54, 1.807) is 36.2 Å². The molecule has 0 aliphatic carbocycles. The largest absolute Gasteiger partial charge is 0.430 e. The standard InChI is InChI=1S/C26H23F6N3O3S/c27-25(28,29)24(36,26(30,31)32)21-7-5-20(6-8-21)19-3-1-18(2-4-19)17-33-13-15-34(16-14-33)39-23-11-9-22(10-12-23)35(37)38/h1-12,36H,13-17H2. The summed E-state index contributed by atoms with van der Waals surface area (Å²) in [7, 11) is 0. The molecule has 208 valence electrons. The first-order valence-electron chi connectivity index (χ1n) is 11.7. The summed E-state index contributed by atoms with van der Waals surface area (Å²) in [6.45, 7) is 3.83. The van der Waals surface area contributed by atoms with Crippen LogP contribution in [0, 0.1) is 10.1 Å². The first-order chi connectivity index (χ1) is 18.3. The van der Waals surface area contributed by atoms with E-state index < -0.39 is 28.4 Å². The van der Waals surface area contributed by atoms with Gasteiger partial charge in [0.15, 0.2) is 0 Å². The lowest BCUT2D eigenvalue weighted by Gasteiger charge is -2.33. The lowest BCUT2D eigenvalue weighted by molar-refractivity contribution is -0.384. The summed E-state index contributed by atoms with van der Waals surface area (Å²) in [5.74, 6) is 0. The Morgan fingerprint density at radius 2 is 1.26 bits per heavy atom. The van der Waals surface area contributed by atoms with Crippen molar-refractivity contribution >= 4 is 17.6 Å². The number of aliphatic hydroxyl groups is 1. The van der Waals surface area contributed by atoms with Gasteiger partial charge in [-0.25, -0.2) is 4.31 Å². The molecule has 1 aliphatic heterocycles. The molecule has 1 fully saturated rings. The summed E-state index contributed by atoms with van der Waals surface area (Å²) in [5, 5.41) is 20.3. The zero-order chi connectivity index (χ0) is 28.4. The van der Waals surface area contributed by atoms with Gasteiger partial charge in [0.2, 0.25) is 0 Å². The molecule has 1 aliphatic rings. The van der Waals surface area contributed by atoms with E-state index in [4.69, 9.17) is 0 Å². The second-order valence-electron chi connectivity index (χ2n) is 9.03. The van der Waals surface area contributed by atoms with E-state index in [9.17, 15) is 41.6 Å². The second-order valence-corrected chi connectivity index (χ2v) is 10.2. The fourth-order valence-corrected chi connectivity index (χ4v) is 5.11. The number of non-ortho nitro benzene ring substituents is 1. The Hall–Kier alpha value is -3.13. The number of nitrogens with zero attached hydrogens (tertiary/aromatic N) is 3. The minimum atomic E-state index is -5.93. The minimum Gasteiger partial charge on any atom is -0.369 e. The average Bonchev–Trinajstić information content (AvgIpc) is 2.89. The number of benzene rings is 3. The van der Waals surface area contributed by atoms with Gasteiger partial charge in [-0.15, -0.1) is 0 Å². The molecule has 4 rings (SSSR count). The smallest absolute Gasteiger partial charge is 0.369 e. The lowest BCUT2D eigenvalue weighted by Crippen LogP contribution is -2.53. The van der Waals surface area contributed by atoms with Gasteiger partial charge in [-0.3, -0.25) is 15.0 Å². The summed E-state index contributed by atoms with van der Waals surface area (Å²) in [6, 6.07) is 17.1. The van der Waals surface area contributed by atoms with E-state index in [1.807, 2.05) is 12.1 Å². The molecule has 1 heterocycles. The Morgan fingerprint density at radius 3 is 1.72 bits per heavy atom. The van der Waals surface area contributed by atoms with Crippen LogP contribution in [0.2, 0.25) is 0 Å². The maximum Gasteiger partial charge on any atom is 0.430 e. The van der Waals surface area contributed by atoms with Gasteiger partial charge in [-0.2, -0.15) is 26.3 Å². The minimum absolute atomic E-state index is 0.0438. The third-order valence-corrected chi connectivity index (χ3v) is 7.54. The zero-order valence-corrected chi connectivity index (χ0v) is 21.1. The number of nitro groups is 1. The Balaban J connectivity index is 1.33. The highest BCUT2D eigenvalue weighted by Gasteiger charge is 2.71. The molecule has 0 spiro atoms. The molecule has 3 aromatic rings. The predicted octanol–water partition coefficient (Wildman–Crippen LogP) is 6.40. The van der Waals surface area contributed by atoms with Crippen molar-refractivity contribution < 1.29 is 36.4 Å². The van der Waals surface area contributed by atoms with E-state index in [-0.39, 0.29) is 5.69 Å². The third kappa shape index (κ3) is 6.38. The molecular weight excluding hydrogens is 548 g/mol. The van der Waals surface area contributed by atoms with Crippen LogP contribution in [0.4, 0.5) is 32.0 Å². The van der Waals surface area contributed by atoms with E-state index in [0.717, 1.165) is 48.8 Å². The van der Waals surface area contributed by atoms with Gasteiger partial charge in [0.1, 0.15) is 0 Å². The van der Waals surface area contributed by atoms with Crippen molar-refractivity contribution in [3.63, 3.8) is 0 Å². The molecule has 1 saturated heterocycles. The quantitative estimate of drug-likeness (QED) is 0.153. The number of hydrogen-bond donors (Lipinski definition) is 1. The highest BCUT2D eigenvalue weighted by atomic mass is 32.2. The van der Waals surface area contributed by atoms with E-state index in [0.29, 0.717) is 29.8 Å². The monoisotopic (exact) mass is 571 g/mol. The molecule has 0 amide bonds. The van der Waals surface area contributed by atoms with Crippen LogP contribution in [0.3, 0.4) is 0 Å². The molecule has 0 aromatic heterocycles. The van der Waals surface area contributed by atoms with Gasteiger partial charge in [0, 0.05) is 55.3 Å². The van der Waals surface area contributed by atoms with E-state index in [2.05, 4.69) is 9.21 Å². The SMILES string of the molecule is O=[N+]([O-])c1ccc(SN2CCN(Cc3ccc(-c4ccc(C(O)(C(F)(F)F)C(F)(F)F)cc4)cc3)CC2)cc1. The molecule has 0 bridgehead atoms. The van der Waals surface area contributed by atoms with Crippen LogP contribution in [0.5, 0.6) is 0 Å². The molecule has 13 heteroatoms. The molecule has 6 nitrogen and oxygen atoms in total. The summed E-state index contributed by atoms with van der Waals surface area (Å²) in [5.41, 5.74) is -4.19. The highest BCUT2D eigenvalue weighted by Crippen LogP contribution is 2.50. The van der Waals surface area contributed by atoms with Gasteiger partial charge in [0.05, 0.1) is 4.92 Å². The Labute approximate surface area is 224 Å². The van der Waals surface area contributed by atoms with Crippen molar-refractivity contribution in [2.24, 2.45) is 0 Å². The lowest BCUT2D eigenvalue weighted by atomic mass is 9.90. The van der Waals surface area contributed by atoms with Gasteiger partial charge in [-0.1, -0.05) is 48.5 Å². The van der Waals surface area contributed by atoms with Crippen molar-refractivity contribution in [2.75, 3.05) is 26.2 Å². The summed E-state index contributed by atoms with van der Waals surface area (Å²) in [6.07, 6.45) is -11.9. The number of hydrogen-bond acceptors (Lipinski definition) is 6. The number of piperazine rings is 1. The maximum absolute atomic E-state index is 13.1. The average molecular weight is 572 g/mol. The van der Waals surface area contributed by atoms with E-state index >= 15 is 0 Å². The van der Waals surface area contributed by atoms with Crippen LogP contribution in [-0.4, -0.2) is 57.8 Å². The molecule has 3 aromatic carbocycles. The summed E-state index contributed by atoms with van der Waals surface area (Å²) in [4.78, 5) is 13.5. The number of nitro benzene ring substituents is 1. The van der Waals surface area contributed by atoms with Crippen LogP contribution in [-0.2, 0) is 12.1 Å². The van der Waals surface area contributed by atoms with Crippen LogP contribution in [0.1, 0.15) is 11.1 Å². The van der Waals surface area contributed by atoms with Gasteiger partial charge in [0.25, 0.3) is 11.3 Å². The molecule has 0 radical (unpaired) electrons. The number of rotatable bonds is 7. The Bertz CT molecular complexity index is 1260. The summed E-state index contributed by atoms with van der Waals surface area (Å²) < 4.78 is 80.8. The second kappa shape index (κ2) is 11.2. The number of halogens is 6. The normalized spacial score (nSPS) is 15.9. The first-order valence-corrected chi connectivity index (χ1v) is 12.5. The van der Waals surface area contributed by atoms with Crippen LogP contribution >= 0.6 is 11.9 Å². The molecule has 0 atom stereocenters. The predicted molar refractivity (Wildman–Crippen MR) is 134 cm³/mol. The topological polar surface area (TPSA) is 69.9 Å². The fourth-order valence-electron chi connectivity index (χ4n) is 4.21. The molecule has 39 heavy (non-hydrogen) atoms. The summed E-state index contributed by atoms with van der Waals surface area (Å²) >= 11 is 1.54. The van der Waals surface area contributed by atoms with E-state index in [1.165, 1.54) is 12.1 Å². The molecular formula is C26H23F6N3O3S. The third-order valence-electron chi connectivity index (χ3n) is 6.43. The fraction of sp³-hybridized carbons (Fsp3) is 0.308. The highest BCUT2D eigenvalue weighted by molar-refractivity contribution is 7.97. The van der Waals surface area contributed by atoms with Crippen molar-refractivity contribution in [2.45, 2.75) is 29.4 Å². The van der Waals surface area contributed by atoms with Gasteiger partial charge in [-0.05, 0) is 40.8 Å². The maximum atomic E-state index is 13.1. The van der Waals surface area contributed by atoms with Crippen LogP contribution in [0.15, 0.2) is 77.7 Å². The van der Waals surface area contributed by atoms with Gasteiger partial charge >= 0.3 is 12.4 Å². The number of alkyl halides is 6. The van der Waals surface area contributed by atoms with Crippen molar-refractivity contribution in [3.8, 4) is 11.1 Å².